The molecule has 2 rings (SSSR count). The van der Waals surface area contributed by atoms with Crippen LogP contribution in [0.3, 0.4) is 0 Å². The highest BCUT2D eigenvalue weighted by molar-refractivity contribution is 5.91. The third-order valence-corrected chi connectivity index (χ3v) is 3.32. The predicted octanol–water partition coefficient (Wildman–Crippen LogP) is 2.34. The van der Waals surface area contributed by atoms with Gasteiger partial charge < -0.3 is 20.1 Å². The van der Waals surface area contributed by atoms with Crippen molar-refractivity contribution in [1.82, 2.24) is 0 Å². The number of hydrogen-bond donors (Lipinski definition) is 3. The first-order valence-corrected chi connectivity index (χ1v) is 6.71. The maximum absolute atomic E-state index is 11.8. The van der Waals surface area contributed by atoms with Gasteiger partial charge >= 0.3 is 5.97 Å². The van der Waals surface area contributed by atoms with E-state index in [0.717, 1.165) is 5.57 Å². The maximum Gasteiger partial charge on any atom is 0.334 e. The van der Waals surface area contributed by atoms with Gasteiger partial charge in [0.15, 0.2) is 0 Å². The minimum absolute atomic E-state index is 0.00204. The molecule has 5 nitrogen and oxygen atoms in total. The van der Waals surface area contributed by atoms with Crippen molar-refractivity contribution in [2.45, 2.75) is 25.9 Å². The monoisotopic (exact) mass is 290 g/mol. The topological polar surface area (TPSA) is 87.0 Å². The summed E-state index contributed by atoms with van der Waals surface area (Å²) in [7, 11) is 0. The van der Waals surface area contributed by atoms with Crippen molar-refractivity contribution in [2.75, 3.05) is 6.61 Å². The number of aromatic hydroxyl groups is 2. The molecule has 0 amide bonds. The summed E-state index contributed by atoms with van der Waals surface area (Å²) in [6.45, 7) is 1.82. The summed E-state index contributed by atoms with van der Waals surface area (Å²) in [5, 5.41) is 28.1. The van der Waals surface area contributed by atoms with Gasteiger partial charge in [-0.25, -0.2) is 4.79 Å². The van der Waals surface area contributed by atoms with Crippen molar-refractivity contribution in [3.63, 3.8) is 0 Å². The molecule has 0 saturated heterocycles. The second kappa shape index (κ2) is 6.45. The predicted molar refractivity (Wildman–Crippen MR) is 76.8 cm³/mol. The fourth-order valence-corrected chi connectivity index (χ4v) is 2.12. The molecule has 0 aromatic heterocycles. The first kappa shape index (κ1) is 15.1. The van der Waals surface area contributed by atoms with Gasteiger partial charge in [0.05, 0.1) is 6.61 Å². The van der Waals surface area contributed by atoms with Crippen molar-refractivity contribution < 1.29 is 24.9 Å². The van der Waals surface area contributed by atoms with Crippen LogP contribution >= 0.6 is 0 Å². The lowest BCUT2D eigenvalue weighted by Crippen LogP contribution is -2.02. The van der Waals surface area contributed by atoms with Crippen molar-refractivity contribution in [1.29, 1.82) is 0 Å². The number of allylic oxidation sites excluding steroid dienone is 1. The quantitative estimate of drug-likeness (QED) is 0.440. The average Bonchev–Trinajstić information content (AvgIpc) is 2.82. The lowest BCUT2D eigenvalue weighted by molar-refractivity contribution is -0.140. The molecule has 0 unspecified atom stereocenters. The molecular formula is C16H18O5. The molecule has 1 aliphatic rings. The highest BCUT2D eigenvalue weighted by atomic mass is 16.5. The van der Waals surface area contributed by atoms with Crippen molar-refractivity contribution in [3.05, 3.63) is 47.1 Å². The van der Waals surface area contributed by atoms with Crippen LogP contribution in [-0.4, -0.2) is 27.9 Å². The Bertz CT molecular complexity index is 601. The Morgan fingerprint density at radius 2 is 2.14 bits per heavy atom. The number of phenols is 2. The molecule has 0 saturated carbocycles. The van der Waals surface area contributed by atoms with Crippen LogP contribution in [0.2, 0.25) is 0 Å². The second-order valence-corrected chi connectivity index (χ2v) is 5.01. The fourth-order valence-electron chi connectivity index (χ4n) is 2.12. The highest BCUT2D eigenvalue weighted by Crippen LogP contribution is 2.36. The van der Waals surface area contributed by atoms with Gasteiger partial charge in [0, 0.05) is 11.1 Å². The number of aliphatic hydroxyl groups is 1. The van der Waals surface area contributed by atoms with E-state index in [9.17, 15) is 15.0 Å². The number of cyclic esters (lactones) is 1. The van der Waals surface area contributed by atoms with Gasteiger partial charge in [-0.3, -0.25) is 0 Å². The van der Waals surface area contributed by atoms with E-state index in [-0.39, 0.29) is 18.1 Å². The molecule has 1 atom stereocenters. The summed E-state index contributed by atoms with van der Waals surface area (Å²) >= 11 is 0. The van der Waals surface area contributed by atoms with Crippen LogP contribution in [0.1, 0.15) is 31.4 Å². The molecule has 0 bridgehead atoms. The molecule has 0 aliphatic carbocycles. The van der Waals surface area contributed by atoms with Gasteiger partial charge in [0.25, 0.3) is 0 Å². The van der Waals surface area contributed by atoms with Crippen LogP contribution in [0.25, 0.3) is 0 Å². The summed E-state index contributed by atoms with van der Waals surface area (Å²) in [6.07, 6.45) is 3.98. The van der Waals surface area contributed by atoms with E-state index in [1.165, 1.54) is 18.2 Å². The zero-order valence-corrected chi connectivity index (χ0v) is 11.7. The van der Waals surface area contributed by atoms with Gasteiger partial charge in [0.2, 0.25) is 0 Å². The molecule has 0 fully saturated rings. The molecule has 5 heteroatoms. The van der Waals surface area contributed by atoms with Gasteiger partial charge in [0.1, 0.15) is 17.6 Å². The molecule has 112 valence electrons. The molecule has 0 spiro atoms. The van der Waals surface area contributed by atoms with Gasteiger partial charge in [-0.05, 0) is 44.0 Å². The zero-order valence-electron chi connectivity index (χ0n) is 11.7. The molecule has 3 N–H and O–H groups in total. The molecule has 0 radical (unpaired) electrons. The number of carbonyl (C=O) groups excluding carboxylic acids is 1. The largest absolute Gasteiger partial charge is 0.508 e. The number of aliphatic hydroxyl groups excluding tert-OH is 1. The number of carbonyl (C=O) groups is 1. The number of phenolic OH excluding ortho intramolecular Hbond substituents is 2. The Hall–Kier alpha value is -2.27. The van der Waals surface area contributed by atoms with E-state index < -0.39 is 12.1 Å². The van der Waals surface area contributed by atoms with Crippen LogP contribution in [0, 0.1) is 0 Å². The Morgan fingerprint density at radius 3 is 2.86 bits per heavy atom. The molecule has 21 heavy (non-hydrogen) atoms. The molecule has 1 aliphatic heterocycles. The highest BCUT2D eigenvalue weighted by Gasteiger charge is 2.28. The van der Waals surface area contributed by atoms with Crippen LogP contribution < -0.4 is 0 Å². The standard InChI is InChI=1S/C16H18O5/c1-10(9-17)3-2-4-11-7-15(21-16(11)20)13-8-12(18)5-6-14(13)19/h3,5-8,15,17-19H,2,4,9H2,1H3/b10-3-/t15-/m1/s1. The first-order chi connectivity index (χ1) is 10.0. The van der Waals surface area contributed by atoms with E-state index in [4.69, 9.17) is 9.84 Å². The second-order valence-electron chi connectivity index (χ2n) is 5.01. The molecule has 1 aromatic carbocycles. The third-order valence-electron chi connectivity index (χ3n) is 3.32. The Kier molecular flexibility index (Phi) is 4.65. The lowest BCUT2D eigenvalue weighted by Gasteiger charge is -2.10. The zero-order chi connectivity index (χ0) is 15.4. The van der Waals surface area contributed by atoms with Crippen LogP contribution in [0.5, 0.6) is 11.5 Å². The minimum Gasteiger partial charge on any atom is -0.508 e. The summed E-state index contributed by atoms with van der Waals surface area (Å²) in [5.74, 6) is -0.445. The Morgan fingerprint density at radius 1 is 1.38 bits per heavy atom. The number of ether oxygens (including phenoxy) is 1. The van der Waals surface area contributed by atoms with Gasteiger partial charge in [-0.1, -0.05) is 11.6 Å². The third kappa shape index (κ3) is 3.64. The van der Waals surface area contributed by atoms with E-state index >= 15 is 0 Å². The van der Waals surface area contributed by atoms with Crippen LogP contribution in [0.4, 0.5) is 0 Å². The fraction of sp³-hybridized carbons (Fsp3) is 0.312. The number of rotatable bonds is 5. The van der Waals surface area contributed by atoms with Crippen LogP contribution in [0.15, 0.2) is 41.5 Å². The van der Waals surface area contributed by atoms with Gasteiger partial charge in [-0.2, -0.15) is 0 Å². The minimum atomic E-state index is -0.678. The first-order valence-electron chi connectivity index (χ1n) is 6.71. The van der Waals surface area contributed by atoms with Crippen LogP contribution in [-0.2, 0) is 9.53 Å². The average molecular weight is 290 g/mol. The molecule has 1 heterocycles. The summed E-state index contributed by atoms with van der Waals surface area (Å²) in [4.78, 5) is 11.8. The number of benzene rings is 1. The summed E-state index contributed by atoms with van der Waals surface area (Å²) < 4.78 is 5.21. The Labute approximate surface area is 122 Å². The van der Waals surface area contributed by atoms with E-state index in [1.807, 2.05) is 13.0 Å². The normalized spacial score (nSPS) is 18.6. The van der Waals surface area contributed by atoms with Crippen molar-refractivity contribution >= 4 is 5.97 Å². The van der Waals surface area contributed by atoms with Gasteiger partial charge in [-0.15, -0.1) is 0 Å². The molecule has 1 aromatic rings. The number of hydrogen-bond acceptors (Lipinski definition) is 5. The van der Waals surface area contributed by atoms with E-state index in [0.29, 0.717) is 24.0 Å². The van der Waals surface area contributed by atoms with E-state index in [2.05, 4.69) is 0 Å². The number of esters is 1. The van der Waals surface area contributed by atoms with E-state index in [1.54, 1.807) is 6.08 Å². The maximum atomic E-state index is 11.8. The Balaban J connectivity index is 2.11. The summed E-state index contributed by atoms with van der Waals surface area (Å²) in [6, 6.07) is 4.10. The molecular weight excluding hydrogens is 272 g/mol. The van der Waals surface area contributed by atoms with Crippen molar-refractivity contribution in [3.8, 4) is 11.5 Å². The smallest absolute Gasteiger partial charge is 0.334 e. The SMILES string of the molecule is C/C(=C/CCC1=C[C@H](c2cc(O)ccc2O)OC1=O)CO. The summed E-state index contributed by atoms with van der Waals surface area (Å²) in [5.41, 5.74) is 1.74. The van der Waals surface area contributed by atoms with Crippen molar-refractivity contribution in [2.24, 2.45) is 0 Å². The lowest BCUT2D eigenvalue weighted by atomic mass is 10.0.